The summed E-state index contributed by atoms with van der Waals surface area (Å²) in [4.78, 5) is 11.0. The highest BCUT2D eigenvalue weighted by Gasteiger charge is 2.35. The lowest BCUT2D eigenvalue weighted by molar-refractivity contribution is -0.119. The third kappa shape index (κ3) is 3.37. The number of aromatic nitrogens is 2. The first-order chi connectivity index (χ1) is 14.1. The number of amides is 1. The summed E-state index contributed by atoms with van der Waals surface area (Å²) in [6.07, 6.45) is 0. The van der Waals surface area contributed by atoms with Crippen LogP contribution in [0.25, 0.3) is 11.3 Å². The molecule has 1 amide bonds. The van der Waals surface area contributed by atoms with E-state index in [-0.39, 0.29) is 18.1 Å². The number of rotatable bonds is 5. The van der Waals surface area contributed by atoms with Crippen LogP contribution in [0.5, 0.6) is 11.6 Å². The molecule has 4 rings (SSSR count). The minimum absolute atomic E-state index is 0.000399. The molecule has 29 heavy (non-hydrogen) atoms. The molecule has 0 saturated heterocycles. The van der Waals surface area contributed by atoms with Crippen LogP contribution in [0, 0.1) is 11.3 Å². The zero-order valence-electron chi connectivity index (χ0n) is 15.3. The molecule has 0 aliphatic carbocycles. The molecule has 0 saturated carbocycles. The molecular formula is C21H17N5O3. The van der Waals surface area contributed by atoms with Crippen molar-refractivity contribution in [3.8, 4) is 29.0 Å². The van der Waals surface area contributed by atoms with Gasteiger partial charge in [-0.05, 0) is 23.3 Å². The molecule has 1 aromatic heterocycles. The molecule has 2 aromatic carbocycles. The summed E-state index contributed by atoms with van der Waals surface area (Å²) < 4.78 is 11.0. The van der Waals surface area contributed by atoms with Gasteiger partial charge in [0.05, 0.1) is 17.2 Å². The lowest BCUT2D eigenvalue weighted by Gasteiger charge is -2.24. The van der Waals surface area contributed by atoms with E-state index in [1.165, 1.54) is 0 Å². The molecule has 3 aromatic rings. The third-order valence-corrected chi connectivity index (χ3v) is 4.57. The van der Waals surface area contributed by atoms with Gasteiger partial charge in [-0.15, -0.1) is 5.10 Å². The van der Waals surface area contributed by atoms with Crippen LogP contribution in [-0.4, -0.2) is 22.7 Å². The van der Waals surface area contributed by atoms with Crippen molar-refractivity contribution in [1.29, 1.82) is 5.26 Å². The van der Waals surface area contributed by atoms with Gasteiger partial charge in [0.1, 0.15) is 17.4 Å². The average Bonchev–Trinajstić information content (AvgIpc) is 3.15. The van der Waals surface area contributed by atoms with Crippen LogP contribution in [0.2, 0.25) is 0 Å². The van der Waals surface area contributed by atoms with Crippen molar-refractivity contribution in [3.63, 3.8) is 0 Å². The van der Waals surface area contributed by atoms with Crippen molar-refractivity contribution in [1.82, 2.24) is 10.2 Å². The fourth-order valence-electron chi connectivity index (χ4n) is 3.34. The molecule has 0 radical (unpaired) electrons. The molecular weight excluding hydrogens is 370 g/mol. The Bertz CT molecular complexity index is 1140. The van der Waals surface area contributed by atoms with Crippen molar-refractivity contribution in [2.24, 2.45) is 11.5 Å². The van der Waals surface area contributed by atoms with Crippen molar-refractivity contribution in [3.05, 3.63) is 77.2 Å². The molecule has 1 unspecified atom stereocenters. The number of aromatic amines is 1. The number of fused-ring (bicyclic) bond motifs is 1. The van der Waals surface area contributed by atoms with Gasteiger partial charge in [0.2, 0.25) is 11.8 Å². The highest BCUT2D eigenvalue weighted by atomic mass is 16.5. The molecule has 1 aliphatic rings. The van der Waals surface area contributed by atoms with Crippen molar-refractivity contribution in [2.75, 3.05) is 6.61 Å². The zero-order chi connectivity index (χ0) is 20.4. The number of carbonyl (C=O) groups is 1. The average molecular weight is 387 g/mol. The predicted octanol–water partition coefficient (Wildman–Crippen LogP) is 2.16. The number of nitrogens with two attached hydrogens (primary N) is 2. The Morgan fingerprint density at radius 2 is 2.03 bits per heavy atom. The zero-order valence-corrected chi connectivity index (χ0v) is 15.3. The van der Waals surface area contributed by atoms with Crippen molar-refractivity contribution >= 4 is 5.91 Å². The number of nitriles is 1. The third-order valence-electron chi connectivity index (χ3n) is 4.57. The Morgan fingerprint density at radius 3 is 2.76 bits per heavy atom. The van der Waals surface area contributed by atoms with Crippen LogP contribution in [0.4, 0.5) is 0 Å². The molecule has 0 spiro atoms. The van der Waals surface area contributed by atoms with E-state index >= 15 is 0 Å². The van der Waals surface area contributed by atoms with Crippen molar-refractivity contribution in [2.45, 2.75) is 5.92 Å². The normalized spacial score (nSPS) is 15.2. The van der Waals surface area contributed by atoms with E-state index in [9.17, 15) is 10.1 Å². The summed E-state index contributed by atoms with van der Waals surface area (Å²) in [6, 6.07) is 18.8. The van der Waals surface area contributed by atoms with E-state index in [4.69, 9.17) is 20.9 Å². The smallest absolute Gasteiger partial charge is 0.255 e. The van der Waals surface area contributed by atoms with E-state index in [0.29, 0.717) is 17.2 Å². The Morgan fingerprint density at radius 1 is 1.24 bits per heavy atom. The summed E-state index contributed by atoms with van der Waals surface area (Å²) in [6.45, 7) is -0.244. The fraction of sp³-hybridized carbons (Fsp3) is 0.0952. The molecule has 8 nitrogen and oxygen atoms in total. The number of primary amides is 1. The maximum atomic E-state index is 11.0. The Hall–Kier alpha value is -4.25. The second-order valence-corrected chi connectivity index (χ2v) is 6.44. The maximum absolute atomic E-state index is 11.0. The summed E-state index contributed by atoms with van der Waals surface area (Å²) >= 11 is 0. The second-order valence-electron chi connectivity index (χ2n) is 6.44. The molecule has 0 bridgehead atoms. The minimum atomic E-state index is -0.577. The molecule has 0 fully saturated rings. The van der Waals surface area contributed by atoms with Crippen LogP contribution >= 0.6 is 0 Å². The summed E-state index contributed by atoms with van der Waals surface area (Å²) in [5.74, 6) is -0.329. The van der Waals surface area contributed by atoms with Crippen LogP contribution in [0.15, 0.2) is 66.1 Å². The van der Waals surface area contributed by atoms with Gasteiger partial charge < -0.3 is 20.9 Å². The van der Waals surface area contributed by atoms with Gasteiger partial charge in [-0.2, -0.15) is 5.26 Å². The molecule has 144 valence electrons. The van der Waals surface area contributed by atoms with Gasteiger partial charge in [0.15, 0.2) is 6.61 Å². The first kappa shape index (κ1) is 18.1. The number of H-pyrrole nitrogens is 1. The summed E-state index contributed by atoms with van der Waals surface area (Å²) in [5, 5.41) is 17.0. The van der Waals surface area contributed by atoms with E-state index in [1.54, 1.807) is 18.2 Å². The van der Waals surface area contributed by atoms with Gasteiger partial charge in [-0.3, -0.25) is 9.89 Å². The number of nitrogens with one attached hydrogen (secondary N) is 1. The van der Waals surface area contributed by atoms with Crippen LogP contribution in [-0.2, 0) is 4.79 Å². The molecule has 1 aliphatic heterocycles. The number of hydrogen-bond donors (Lipinski definition) is 3. The summed E-state index contributed by atoms with van der Waals surface area (Å²) in [5.41, 5.74) is 14.5. The van der Waals surface area contributed by atoms with Crippen LogP contribution in [0.3, 0.4) is 0 Å². The van der Waals surface area contributed by atoms with Crippen LogP contribution < -0.4 is 20.9 Å². The largest absolute Gasteiger partial charge is 0.484 e. The Labute approximate surface area is 166 Å². The number of carbonyl (C=O) groups excluding carboxylic acids is 1. The highest BCUT2D eigenvalue weighted by Crippen LogP contribution is 2.45. The quantitative estimate of drug-likeness (QED) is 0.613. The van der Waals surface area contributed by atoms with Crippen LogP contribution in [0.1, 0.15) is 17.0 Å². The number of ether oxygens (including phenoxy) is 2. The SMILES string of the molecule is N#CC1=C(N)Oc2n[nH]c(-c3ccccc3)c2C1c1cccc(OCC(N)=O)c1. The molecule has 8 heteroatoms. The molecule has 5 N–H and O–H groups in total. The van der Waals surface area contributed by atoms with Gasteiger partial charge >= 0.3 is 0 Å². The monoisotopic (exact) mass is 387 g/mol. The van der Waals surface area contributed by atoms with Gasteiger partial charge in [0, 0.05) is 0 Å². The number of hydrogen-bond acceptors (Lipinski definition) is 6. The van der Waals surface area contributed by atoms with Gasteiger partial charge in [0.25, 0.3) is 5.91 Å². The number of allylic oxidation sites excluding steroid dienone is 1. The fourth-order valence-corrected chi connectivity index (χ4v) is 3.34. The maximum Gasteiger partial charge on any atom is 0.255 e. The number of benzene rings is 2. The number of nitrogens with zero attached hydrogens (tertiary/aromatic N) is 2. The topological polar surface area (TPSA) is 140 Å². The van der Waals surface area contributed by atoms with Gasteiger partial charge in [-0.25, -0.2) is 0 Å². The van der Waals surface area contributed by atoms with Crippen molar-refractivity contribution < 1.29 is 14.3 Å². The van der Waals surface area contributed by atoms with Gasteiger partial charge in [-0.1, -0.05) is 42.5 Å². The minimum Gasteiger partial charge on any atom is -0.484 e. The van der Waals surface area contributed by atoms with E-state index in [2.05, 4.69) is 16.3 Å². The predicted molar refractivity (Wildman–Crippen MR) is 104 cm³/mol. The Balaban J connectivity index is 1.85. The molecule has 2 heterocycles. The summed E-state index contributed by atoms with van der Waals surface area (Å²) in [7, 11) is 0. The second kappa shape index (κ2) is 7.40. The van der Waals surface area contributed by atoms with E-state index < -0.39 is 11.8 Å². The highest BCUT2D eigenvalue weighted by molar-refractivity contribution is 5.75. The lowest BCUT2D eigenvalue weighted by atomic mass is 9.83. The van der Waals surface area contributed by atoms with E-state index in [0.717, 1.165) is 16.8 Å². The first-order valence-corrected chi connectivity index (χ1v) is 8.80. The Kier molecular flexibility index (Phi) is 4.63. The van der Waals surface area contributed by atoms with E-state index in [1.807, 2.05) is 36.4 Å². The first-order valence-electron chi connectivity index (χ1n) is 8.80. The standard InChI is InChI=1S/C21H17N5O3/c22-10-15-17(13-7-4-8-14(9-13)28-11-16(23)27)18-19(12-5-2-1-3-6-12)25-26-21(18)29-20(15)24/h1-9,17H,11,24H2,(H2,23,27)(H,25,26). The molecule has 1 atom stereocenters. The lowest BCUT2D eigenvalue weighted by Crippen LogP contribution is -2.21.